The Bertz CT molecular complexity index is 286. The third-order valence-electron chi connectivity index (χ3n) is 3.42. The SMILES string of the molecule is CC(C)(C)OC(=O)N1CC[C@@H]2CCC[C@@H](C1)N2. The number of hydrogen-bond acceptors (Lipinski definition) is 3. The van der Waals surface area contributed by atoms with Crippen molar-refractivity contribution in [2.45, 2.75) is 64.1 Å². The van der Waals surface area contributed by atoms with E-state index in [0.717, 1.165) is 19.5 Å². The van der Waals surface area contributed by atoms with Crippen LogP contribution < -0.4 is 5.32 Å². The van der Waals surface area contributed by atoms with Gasteiger partial charge in [0.2, 0.25) is 0 Å². The second-order valence-corrected chi connectivity index (χ2v) is 6.21. The first-order valence-corrected chi connectivity index (χ1v) is 6.68. The van der Waals surface area contributed by atoms with Crippen LogP contribution >= 0.6 is 0 Å². The summed E-state index contributed by atoms with van der Waals surface area (Å²) in [5.74, 6) is 0. The Labute approximate surface area is 104 Å². The minimum Gasteiger partial charge on any atom is -0.444 e. The maximum Gasteiger partial charge on any atom is 0.410 e. The summed E-state index contributed by atoms with van der Waals surface area (Å²) in [5.41, 5.74) is -0.397. The fraction of sp³-hybridized carbons (Fsp3) is 0.923. The van der Waals surface area contributed by atoms with Crippen LogP contribution in [0.1, 0.15) is 46.5 Å². The molecule has 1 N–H and O–H groups in total. The molecule has 2 heterocycles. The molecule has 2 atom stereocenters. The van der Waals surface area contributed by atoms with E-state index in [0.29, 0.717) is 12.1 Å². The molecule has 0 aliphatic carbocycles. The lowest BCUT2D eigenvalue weighted by atomic mass is 9.98. The Morgan fingerprint density at radius 1 is 1.24 bits per heavy atom. The zero-order chi connectivity index (χ0) is 12.5. The zero-order valence-electron chi connectivity index (χ0n) is 11.2. The molecule has 2 aliphatic heterocycles. The molecule has 2 bridgehead atoms. The van der Waals surface area contributed by atoms with Crippen molar-refractivity contribution in [3.63, 3.8) is 0 Å². The van der Waals surface area contributed by atoms with Crippen molar-refractivity contribution in [2.24, 2.45) is 0 Å². The number of nitrogens with one attached hydrogen (secondary N) is 1. The van der Waals surface area contributed by atoms with Gasteiger partial charge in [-0.3, -0.25) is 0 Å². The van der Waals surface area contributed by atoms with Gasteiger partial charge in [-0.25, -0.2) is 4.79 Å². The van der Waals surface area contributed by atoms with E-state index < -0.39 is 5.60 Å². The normalized spacial score (nSPS) is 29.7. The first kappa shape index (κ1) is 12.7. The van der Waals surface area contributed by atoms with E-state index >= 15 is 0 Å². The van der Waals surface area contributed by atoms with Gasteiger partial charge in [0, 0.05) is 25.2 Å². The van der Waals surface area contributed by atoms with Crippen LogP contribution in [0, 0.1) is 0 Å². The van der Waals surface area contributed by atoms with Crippen LogP contribution in [0.25, 0.3) is 0 Å². The summed E-state index contributed by atoms with van der Waals surface area (Å²) in [7, 11) is 0. The predicted octanol–water partition coefficient (Wildman–Crippen LogP) is 2.14. The molecule has 0 radical (unpaired) electrons. The van der Waals surface area contributed by atoms with Crippen LogP contribution in [0.4, 0.5) is 4.79 Å². The Morgan fingerprint density at radius 3 is 2.65 bits per heavy atom. The molecule has 2 fully saturated rings. The average Bonchev–Trinajstić information content (AvgIpc) is 2.35. The second-order valence-electron chi connectivity index (χ2n) is 6.21. The van der Waals surface area contributed by atoms with Gasteiger partial charge in [-0.05, 0) is 40.0 Å². The molecular weight excluding hydrogens is 216 g/mol. The van der Waals surface area contributed by atoms with Gasteiger partial charge in [0.15, 0.2) is 0 Å². The fourth-order valence-corrected chi connectivity index (χ4v) is 2.64. The molecule has 2 aliphatic rings. The number of carbonyl (C=O) groups excluding carboxylic acids is 1. The van der Waals surface area contributed by atoms with E-state index in [1.54, 1.807) is 0 Å². The number of ether oxygens (including phenoxy) is 1. The summed E-state index contributed by atoms with van der Waals surface area (Å²) in [6, 6.07) is 1.06. The summed E-state index contributed by atoms with van der Waals surface area (Å²) in [6.07, 6.45) is 4.60. The first-order valence-electron chi connectivity index (χ1n) is 6.68. The highest BCUT2D eigenvalue weighted by Gasteiger charge is 2.31. The molecule has 0 unspecified atom stereocenters. The summed E-state index contributed by atoms with van der Waals surface area (Å²) in [5, 5.41) is 3.61. The van der Waals surface area contributed by atoms with Crippen molar-refractivity contribution in [3.05, 3.63) is 0 Å². The summed E-state index contributed by atoms with van der Waals surface area (Å²) < 4.78 is 5.44. The van der Waals surface area contributed by atoms with E-state index in [1.807, 2.05) is 25.7 Å². The van der Waals surface area contributed by atoms with Gasteiger partial charge in [-0.1, -0.05) is 6.42 Å². The molecule has 0 saturated carbocycles. The number of nitrogens with zero attached hydrogens (tertiary/aromatic N) is 1. The molecule has 1 amide bonds. The van der Waals surface area contributed by atoms with E-state index in [9.17, 15) is 4.79 Å². The number of fused-ring (bicyclic) bond motifs is 2. The van der Waals surface area contributed by atoms with Gasteiger partial charge in [0.25, 0.3) is 0 Å². The molecule has 98 valence electrons. The van der Waals surface area contributed by atoms with Crippen LogP contribution in [-0.2, 0) is 4.74 Å². The highest BCUT2D eigenvalue weighted by Crippen LogP contribution is 2.21. The van der Waals surface area contributed by atoms with Crippen molar-refractivity contribution >= 4 is 6.09 Å². The largest absolute Gasteiger partial charge is 0.444 e. The molecule has 2 saturated heterocycles. The first-order chi connectivity index (χ1) is 7.94. The predicted molar refractivity (Wildman–Crippen MR) is 67.0 cm³/mol. The lowest BCUT2D eigenvalue weighted by Gasteiger charge is -2.30. The van der Waals surface area contributed by atoms with Crippen molar-refractivity contribution in [2.75, 3.05) is 13.1 Å². The molecule has 0 aromatic rings. The highest BCUT2D eigenvalue weighted by atomic mass is 16.6. The summed E-state index contributed by atoms with van der Waals surface area (Å²) in [6.45, 7) is 7.37. The number of carbonyl (C=O) groups is 1. The fourth-order valence-electron chi connectivity index (χ4n) is 2.64. The van der Waals surface area contributed by atoms with Gasteiger partial charge >= 0.3 is 6.09 Å². The molecule has 2 rings (SSSR count). The smallest absolute Gasteiger partial charge is 0.410 e. The zero-order valence-corrected chi connectivity index (χ0v) is 11.2. The molecule has 17 heavy (non-hydrogen) atoms. The minimum atomic E-state index is -0.397. The number of piperidine rings is 1. The Morgan fingerprint density at radius 2 is 1.94 bits per heavy atom. The van der Waals surface area contributed by atoms with Gasteiger partial charge < -0.3 is 15.0 Å². The Hall–Kier alpha value is -0.770. The van der Waals surface area contributed by atoms with Crippen LogP contribution in [0.3, 0.4) is 0 Å². The van der Waals surface area contributed by atoms with E-state index in [2.05, 4.69) is 5.32 Å². The molecule has 0 aromatic heterocycles. The second kappa shape index (κ2) is 4.84. The van der Waals surface area contributed by atoms with Crippen LogP contribution in [0.2, 0.25) is 0 Å². The summed E-state index contributed by atoms with van der Waals surface area (Å²) in [4.78, 5) is 13.9. The molecule has 0 aromatic carbocycles. The van der Waals surface area contributed by atoms with E-state index in [1.165, 1.54) is 19.3 Å². The highest BCUT2D eigenvalue weighted by molar-refractivity contribution is 5.68. The van der Waals surface area contributed by atoms with Gasteiger partial charge in [0.1, 0.15) is 5.60 Å². The monoisotopic (exact) mass is 240 g/mol. The standard InChI is InChI=1S/C13H24N2O2/c1-13(2,3)17-12(16)15-8-7-10-5-4-6-11(9-15)14-10/h10-11,14H,4-9H2,1-3H3/t10-,11-/m0/s1. The molecule has 4 nitrogen and oxygen atoms in total. The molecule has 0 spiro atoms. The van der Waals surface area contributed by atoms with Gasteiger partial charge in [-0.15, -0.1) is 0 Å². The summed E-state index contributed by atoms with van der Waals surface area (Å²) >= 11 is 0. The lowest BCUT2D eigenvalue weighted by Crippen LogP contribution is -2.45. The van der Waals surface area contributed by atoms with Gasteiger partial charge in [-0.2, -0.15) is 0 Å². The average molecular weight is 240 g/mol. The lowest BCUT2D eigenvalue weighted by molar-refractivity contribution is 0.0246. The van der Waals surface area contributed by atoms with Gasteiger partial charge in [0.05, 0.1) is 0 Å². The number of amides is 1. The van der Waals surface area contributed by atoms with E-state index in [-0.39, 0.29) is 6.09 Å². The van der Waals surface area contributed by atoms with Crippen LogP contribution in [-0.4, -0.2) is 41.8 Å². The molecule has 4 heteroatoms. The Kier molecular flexibility index (Phi) is 3.61. The Balaban J connectivity index is 1.94. The van der Waals surface area contributed by atoms with Crippen molar-refractivity contribution in [1.82, 2.24) is 10.2 Å². The molecular formula is C13H24N2O2. The maximum atomic E-state index is 12.0. The number of hydrogen-bond donors (Lipinski definition) is 1. The van der Waals surface area contributed by atoms with E-state index in [4.69, 9.17) is 4.74 Å². The van der Waals surface area contributed by atoms with Crippen molar-refractivity contribution in [3.8, 4) is 0 Å². The van der Waals surface area contributed by atoms with Crippen LogP contribution in [0.5, 0.6) is 0 Å². The third-order valence-corrected chi connectivity index (χ3v) is 3.42. The minimum absolute atomic E-state index is 0.160. The topological polar surface area (TPSA) is 41.6 Å². The maximum absolute atomic E-state index is 12.0. The third kappa shape index (κ3) is 3.60. The van der Waals surface area contributed by atoms with Crippen molar-refractivity contribution < 1.29 is 9.53 Å². The van der Waals surface area contributed by atoms with Crippen LogP contribution in [0.15, 0.2) is 0 Å². The number of rotatable bonds is 0. The van der Waals surface area contributed by atoms with Crippen molar-refractivity contribution in [1.29, 1.82) is 0 Å². The quantitative estimate of drug-likeness (QED) is 0.705.